The molecule has 128 valence electrons. The van der Waals surface area contributed by atoms with Crippen LogP contribution in [0.3, 0.4) is 0 Å². The highest BCUT2D eigenvalue weighted by molar-refractivity contribution is 6.07. The van der Waals surface area contributed by atoms with Gasteiger partial charge in [0.1, 0.15) is 11.4 Å². The highest BCUT2D eigenvalue weighted by Gasteiger charge is 2.44. The molecule has 0 spiro atoms. The van der Waals surface area contributed by atoms with Gasteiger partial charge in [-0.05, 0) is 19.3 Å². The Kier molecular flexibility index (Phi) is 3.29. The molecule has 1 fully saturated rings. The van der Waals surface area contributed by atoms with Gasteiger partial charge in [-0.1, -0.05) is 0 Å². The van der Waals surface area contributed by atoms with E-state index in [0.717, 1.165) is 23.2 Å². The molecular weight excluding hydrogens is 325 g/mol. The second-order valence-electron chi connectivity index (χ2n) is 6.05. The predicted molar refractivity (Wildman–Crippen MR) is 78.9 cm³/mol. The Hall–Kier alpha value is -2.52. The molecule has 1 amide bonds. The van der Waals surface area contributed by atoms with Crippen molar-refractivity contribution >= 4 is 17.4 Å². The van der Waals surface area contributed by atoms with Crippen molar-refractivity contribution in [2.45, 2.75) is 37.4 Å². The minimum absolute atomic E-state index is 0.0897. The molecule has 1 aliphatic carbocycles. The third kappa shape index (κ3) is 2.51. The number of carbonyl (C=O) groups is 1. The summed E-state index contributed by atoms with van der Waals surface area (Å²) in [4.78, 5) is 12.5. The maximum absolute atomic E-state index is 13.1. The average molecular weight is 340 g/mol. The number of nitrogens with zero attached hydrogens (tertiary/aromatic N) is 3. The SMILES string of the molecule is O=C(Nc1cn[nH]c1C1CC1)c1cnn2c1NCCC2C(F)(F)F. The molecule has 2 aliphatic rings. The molecule has 1 saturated carbocycles. The quantitative estimate of drug-likeness (QED) is 0.802. The third-order valence-corrected chi connectivity index (χ3v) is 4.33. The highest BCUT2D eigenvalue weighted by Crippen LogP contribution is 2.42. The van der Waals surface area contributed by atoms with Gasteiger partial charge >= 0.3 is 6.18 Å². The van der Waals surface area contributed by atoms with E-state index in [9.17, 15) is 18.0 Å². The molecular formula is C14H15F3N6O. The fourth-order valence-electron chi connectivity index (χ4n) is 2.96. The van der Waals surface area contributed by atoms with Crippen molar-refractivity contribution in [2.75, 3.05) is 17.2 Å². The third-order valence-electron chi connectivity index (χ3n) is 4.33. The number of fused-ring (bicyclic) bond motifs is 1. The van der Waals surface area contributed by atoms with Crippen LogP contribution in [0, 0.1) is 0 Å². The zero-order valence-corrected chi connectivity index (χ0v) is 12.5. The van der Waals surface area contributed by atoms with Gasteiger partial charge in [-0.15, -0.1) is 0 Å². The van der Waals surface area contributed by atoms with Crippen molar-refractivity contribution in [3.63, 3.8) is 0 Å². The summed E-state index contributed by atoms with van der Waals surface area (Å²) in [5.74, 6) is -0.0518. The van der Waals surface area contributed by atoms with Crippen LogP contribution in [0.2, 0.25) is 0 Å². The average Bonchev–Trinajstić information content (AvgIpc) is 3.11. The summed E-state index contributed by atoms with van der Waals surface area (Å²) in [7, 11) is 0. The van der Waals surface area contributed by atoms with E-state index in [1.54, 1.807) is 0 Å². The van der Waals surface area contributed by atoms with E-state index < -0.39 is 18.1 Å². The van der Waals surface area contributed by atoms with Crippen LogP contribution in [0.25, 0.3) is 0 Å². The second kappa shape index (κ2) is 5.25. The van der Waals surface area contributed by atoms with E-state index >= 15 is 0 Å². The van der Waals surface area contributed by atoms with E-state index in [0.29, 0.717) is 11.6 Å². The molecule has 0 aromatic carbocycles. The first-order chi connectivity index (χ1) is 11.4. The minimum atomic E-state index is -4.40. The summed E-state index contributed by atoms with van der Waals surface area (Å²) in [6.45, 7) is 0.134. The first-order valence-corrected chi connectivity index (χ1v) is 7.68. The summed E-state index contributed by atoms with van der Waals surface area (Å²) >= 11 is 0. The van der Waals surface area contributed by atoms with Gasteiger partial charge in [-0.2, -0.15) is 23.4 Å². The summed E-state index contributed by atoms with van der Waals surface area (Å²) in [5, 5.41) is 16.1. The molecule has 4 rings (SSSR count). The van der Waals surface area contributed by atoms with Gasteiger partial charge in [0, 0.05) is 12.5 Å². The minimum Gasteiger partial charge on any atom is -0.370 e. The normalized spacial score (nSPS) is 20.4. The first kappa shape index (κ1) is 15.0. The van der Waals surface area contributed by atoms with Crippen LogP contribution < -0.4 is 10.6 Å². The van der Waals surface area contributed by atoms with Gasteiger partial charge in [0.25, 0.3) is 5.91 Å². The van der Waals surface area contributed by atoms with Gasteiger partial charge in [0.15, 0.2) is 6.04 Å². The summed E-state index contributed by atoms with van der Waals surface area (Å²) in [5.41, 5.74) is 1.50. The molecule has 24 heavy (non-hydrogen) atoms. The van der Waals surface area contributed by atoms with Crippen molar-refractivity contribution in [3.05, 3.63) is 23.7 Å². The number of rotatable bonds is 3. The number of amides is 1. The maximum atomic E-state index is 13.1. The number of alkyl halides is 3. The molecule has 7 nitrogen and oxygen atoms in total. The Morgan fingerprint density at radius 2 is 2.08 bits per heavy atom. The van der Waals surface area contributed by atoms with Crippen LogP contribution in [-0.2, 0) is 0 Å². The molecule has 1 unspecified atom stereocenters. The zero-order valence-electron chi connectivity index (χ0n) is 12.5. The van der Waals surface area contributed by atoms with Crippen LogP contribution in [0.4, 0.5) is 24.7 Å². The van der Waals surface area contributed by atoms with Crippen molar-refractivity contribution in [3.8, 4) is 0 Å². The fourth-order valence-corrected chi connectivity index (χ4v) is 2.96. The highest BCUT2D eigenvalue weighted by atomic mass is 19.4. The molecule has 0 bridgehead atoms. The van der Waals surface area contributed by atoms with E-state index in [-0.39, 0.29) is 24.3 Å². The lowest BCUT2D eigenvalue weighted by molar-refractivity contribution is -0.171. The monoisotopic (exact) mass is 340 g/mol. The Balaban J connectivity index is 1.60. The molecule has 10 heteroatoms. The number of aromatic amines is 1. The lowest BCUT2D eigenvalue weighted by Crippen LogP contribution is -2.34. The molecule has 2 aromatic rings. The number of hydrogen-bond acceptors (Lipinski definition) is 4. The zero-order chi connectivity index (χ0) is 16.9. The number of nitrogens with one attached hydrogen (secondary N) is 3. The van der Waals surface area contributed by atoms with Gasteiger partial charge in [-0.3, -0.25) is 9.89 Å². The number of aromatic nitrogens is 4. The number of hydrogen-bond donors (Lipinski definition) is 3. The van der Waals surface area contributed by atoms with Crippen LogP contribution >= 0.6 is 0 Å². The Labute approximate surface area is 134 Å². The lowest BCUT2D eigenvalue weighted by Gasteiger charge is -2.27. The molecule has 3 N–H and O–H groups in total. The fraction of sp³-hybridized carbons (Fsp3) is 0.500. The van der Waals surface area contributed by atoms with Crippen molar-refractivity contribution in [1.29, 1.82) is 0 Å². The summed E-state index contributed by atoms with van der Waals surface area (Å²) in [6, 6.07) is -1.72. The lowest BCUT2D eigenvalue weighted by atomic mass is 10.1. The second-order valence-corrected chi connectivity index (χ2v) is 6.05. The summed E-state index contributed by atoms with van der Waals surface area (Å²) < 4.78 is 40.1. The molecule has 1 aliphatic heterocycles. The topological polar surface area (TPSA) is 87.6 Å². The van der Waals surface area contributed by atoms with Crippen molar-refractivity contribution in [2.24, 2.45) is 0 Å². The van der Waals surface area contributed by atoms with Gasteiger partial charge in [0.05, 0.1) is 23.8 Å². The maximum Gasteiger partial charge on any atom is 0.410 e. The smallest absolute Gasteiger partial charge is 0.370 e. The van der Waals surface area contributed by atoms with Gasteiger partial charge in [0.2, 0.25) is 0 Å². The van der Waals surface area contributed by atoms with Crippen LogP contribution in [-0.4, -0.2) is 38.6 Å². The largest absolute Gasteiger partial charge is 0.410 e. The van der Waals surface area contributed by atoms with Crippen LogP contribution in [0.15, 0.2) is 12.4 Å². The summed E-state index contributed by atoms with van der Waals surface area (Å²) in [6.07, 6.45) is 0.214. The van der Waals surface area contributed by atoms with E-state index in [2.05, 4.69) is 25.9 Å². The van der Waals surface area contributed by atoms with E-state index in [1.807, 2.05) is 0 Å². The molecule has 0 radical (unpaired) electrons. The van der Waals surface area contributed by atoms with Gasteiger partial charge < -0.3 is 10.6 Å². The van der Waals surface area contributed by atoms with Crippen molar-refractivity contribution < 1.29 is 18.0 Å². The molecule has 3 heterocycles. The van der Waals surface area contributed by atoms with E-state index in [1.165, 1.54) is 12.4 Å². The van der Waals surface area contributed by atoms with Crippen LogP contribution in [0.5, 0.6) is 0 Å². The molecule has 0 saturated heterocycles. The Bertz CT molecular complexity index is 776. The van der Waals surface area contributed by atoms with E-state index in [4.69, 9.17) is 0 Å². The Morgan fingerprint density at radius 1 is 1.29 bits per heavy atom. The Morgan fingerprint density at radius 3 is 2.79 bits per heavy atom. The number of anilines is 2. The van der Waals surface area contributed by atoms with Crippen LogP contribution in [0.1, 0.15) is 47.3 Å². The van der Waals surface area contributed by atoms with Crippen molar-refractivity contribution in [1.82, 2.24) is 20.0 Å². The number of H-pyrrole nitrogens is 1. The molecule has 2 aromatic heterocycles. The first-order valence-electron chi connectivity index (χ1n) is 7.68. The standard InChI is InChI=1S/C14H15F3N6O/c15-14(16,17)10-3-4-18-12-8(5-20-23(10)12)13(24)21-9-6-19-22-11(9)7-1-2-7/h5-7,10,18H,1-4H2,(H,19,22)(H,21,24). The van der Waals surface area contributed by atoms with Gasteiger partial charge in [-0.25, -0.2) is 4.68 Å². The predicted octanol–water partition coefficient (Wildman–Crippen LogP) is 2.65. The number of halogens is 3. The molecule has 1 atom stereocenters. The number of carbonyl (C=O) groups excluding carboxylic acids is 1.